The first-order valence-corrected chi connectivity index (χ1v) is 10.9. The lowest BCUT2D eigenvalue weighted by Gasteiger charge is -2.39. The molecule has 0 amide bonds. The van der Waals surface area contributed by atoms with Gasteiger partial charge in [0, 0.05) is 13.1 Å². The van der Waals surface area contributed by atoms with Gasteiger partial charge >= 0.3 is 0 Å². The minimum absolute atomic E-state index is 0.0117. The molecule has 2 aromatic carbocycles. The molecule has 5 nitrogen and oxygen atoms in total. The summed E-state index contributed by atoms with van der Waals surface area (Å²) in [6, 6.07) is 19.6. The summed E-state index contributed by atoms with van der Waals surface area (Å²) in [6.07, 6.45) is 7.19. The second-order valence-corrected chi connectivity index (χ2v) is 8.81. The van der Waals surface area contributed by atoms with Crippen LogP contribution in [-0.2, 0) is 18.5 Å². The van der Waals surface area contributed by atoms with E-state index in [2.05, 4.69) is 86.6 Å². The molecule has 1 saturated carbocycles. The summed E-state index contributed by atoms with van der Waals surface area (Å²) in [7, 11) is 0. The second kappa shape index (κ2) is 7.71. The summed E-state index contributed by atoms with van der Waals surface area (Å²) in [6.45, 7) is 4.28. The first kappa shape index (κ1) is 18.5. The van der Waals surface area contributed by atoms with E-state index < -0.39 is 0 Å². The molecular formula is C24H29N5. The molecular weight excluding hydrogens is 358 g/mol. The van der Waals surface area contributed by atoms with Gasteiger partial charge in [-0.2, -0.15) is 0 Å². The number of tetrazole rings is 1. The topological polar surface area (TPSA) is 46.8 Å². The van der Waals surface area contributed by atoms with Gasteiger partial charge in [0.05, 0.1) is 11.6 Å². The van der Waals surface area contributed by atoms with Crippen LogP contribution in [0.4, 0.5) is 0 Å². The Kier molecular flexibility index (Phi) is 4.92. The smallest absolute Gasteiger partial charge is 0.173 e. The van der Waals surface area contributed by atoms with Crippen LogP contribution in [0.2, 0.25) is 0 Å². The monoisotopic (exact) mass is 387 g/mol. The highest BCUT2D eigenvalue weighted by Gasteiger charge is 2.37. The molecule has 1 aliphatic heterocycles. The van der Waals surface area contributed by atoms with Crippen LogP contribution in [-0.4, -0.2) is 31.7 Å². The maximum atomic E-state index is 4.60. The van der Waals surface area contributed by atoms with Gasteiger partial charge in [0.25, 0.3) is 0 Å². The molecule has 1 fully saturated rings. The highest BCUT2D eigenvalue weighted by molar-refractivity contribution is 5.32. The molecule has 2 heterocycles. The van der Waals surface area contributed by atoms with Gasteiger partial charge in [-0.25, -0.2) is 4.68 Å². The minimum Gasteiger partial charge on any atom is -0.285 e. The van der Waals surface area contributed by atoms with Gasteiger partial charge in [-0.1, -0.05) is 73.9 Å². The van der Waals surface area contributed by atoms with Crippen LogP contribution in [0.25, 0.3) is 0 Å². The zero-order valence-electron chi connectivity index (χ0n) is 17.2. The summed E-state index contributed by atoms with van der Waals surface area (Å²) in [5.74, 6) is 0.986. The van der Waals surface area contributed by atoms with E-state index in [0.29, 0.717) is 0 Å². The standard InChI is InChI=1S/C24H29N5/c1-24(15-8-3-9-16-24)29-23(25-26-27-29)22(20-11-4-2-5-12-20)28-17-14-19-10-6-7-13-21(19)18-28/h2,4-7,10-13,22H,3,8-9,14-18H2,1H3. The minimum atomic E-state index is 0.0117. The van der Waals surface area contributed by atoms with Gasteiger partial charge in [-0.3, -0.25) is 4.90 Å². The molecule has 0 bridgehead atoms. The van der Waals surface area contributed by atoms with E-state index in [4.69, 9.17) is 0 Å². The molecule has 3 aromatic rings. The summed E-state index contributed by atoms with van der Waals surface area (Å²) >= 11 is 0. The van der Waals surface area contributed by atoms with Crippen LogP contribution in [0.3, 0.4) is 0 Å². The predicted molar refractivity (Wildman–Crippen MR) is 113 cm³/mol. The quantitative estimate of drug-likeness (QED) is 0.661. The Balaban J connectivity index is 1.56. The van der Waals surface area contributed by atoms with Crippen molar-refractivity contribution in [2.45, 2.75) is 63.6 Å². The van der Waals surface area contributed by atoms with Crippen molar-refractivity contribution < 1.29 is 0 Å². The number of hydrogen-bond donors (Lipinski definition) is 0. The normalized spacial score (nSPS) is 20.2. The summed E-state index contributed by atoms with van der Waals surface area (Å²) in [5, 5.41) is 13.3. The maximum absolute atomic E-state index is 4.60. The first-order valence-electron chi connectivity index (χ1n) is 10.9. The van der Waals surface area contributed by atoms with Crippen LogP contribution >= 0.6 is 0 Å². The SMILES string of the molecule is CC1(n2nnnc2C(c2ccccc2)N2CCc3ccccc3C2)CCCCC1. The molecule has 0 radical (unpaired) electrons. The van der Waals surface area contributed by atoms with Gasteiger partial charge in [0.15, 0.2) is 5.82 Å². The molecule has 1 unspecified atom stereocenters. The zero-order chi connectivity index (χ0) is 19.7. The van der Waals surface area contributed by atoms with Crippen molar-refractivity contribution in [3.05, 3.63) is 77.1 Å². The third-order valence-electron chi connectivity index (χ3n) is 6.82. The van der Waals surface area contributed by atoms with Crippen LogP contribution in [0.15, 0.2) is 54.6 Å². The highest BCUT2D eigenvalue weighted by Crippen LogP contribution is 2.38. The molecule has 5 rings (SSSR count). The van der Waals surface area contributed by atoms with E-state index in [1.807, 2.05) is 0 Å². The Labute approximate surface area is 172 Å². The van der Waals surface area contributed by atoms with Gasteiger partial charge in [0.1, 0.15) is 0 Å². The third-order valence-corrected chi connectivity index (χ3v) is 6.82. The molecule has 1 aliphatic carbocycles. The first-order chi connectivity index (χ1) is 14.2. The zero-order valence-corrected chi connectivity index (χ0v) is 17.2. The van der Waals surface area contributed by atoms with Crippen molar-refractivity contribution in [1.82, 2.24) is 25.1 Å². The average molecular weight is 388 g/mol. The van der Waals surface area contributed by atoms with E-state index >= 15 is 0 Å². The Hall–Kier alpha value is -2.53. The van der Waals surface area contributed by atoms with E-state index in [1.165, 1.54) is 36.0 Å². The number of benzene rings is 2. The van der Waals surface area contributed by atoms with Crippen molar-refractivity contribution >= 4 is 0 Å². The van der Waals surface area contributed by atoms with E-state index in [-0.39, 0.29) is 11.6 Å². The highest BCUT2D eigenvalue weighted by atomic mass is 15.6. The summed E-state index contributed by atoms with van der Waals surface area (Å²) < 4.78 is 2.16. The molecule has 0 saturated heterocycles. The molecule has 2 aliphatic rings. The van der Waals surface area contributed by atoms with Gasteiger partial charge < -0.3 is 0 Å². The van der Waals surface area contributed by atoms with E-state index in [9.17, 15) is 0 Å². The summed E-state index contributed by atoms with van der Waals surface area (Å²) in [4.78, 5) is 2.55. The lowest BCUT2D eigenvalue weighted by molar-refractivity contribution is 0.155. The average Bonchev–Trinajstić information content (AvgIpc) is 3.26. The fourth-order valence-corrected chi connectivity index (χ4v) is 5.17. The molecule has 0 spiro atoms. The molecule has 1 atom stereocenters. The Morgan fingerprint density at radius 3 is 2.41 bits per heavy atom. The Bertz CT molecular complexity index is 958. The van der Waals surface area contributed by atoms with Gasteiger partial charge in [-0.05, 0) is 53.3 Å². The lowest BCUT2D eigenvalue weighted by atomic mass is 9.83. The molecule has 29 heavy (non-hydrogen) atoms. The maximum Gasteiger partial charge on any atom is 0.173 e. The molecule has 5 heteroatoms. The van der Waals surface area contributed by atoms with Crippen molar-refractivity contribution in [3.63, 3.8) is 0 Å². The lowest BCUT2D eigenvalue weighted by Crippen LogP contribution is -2.40. The Morgan fingerprint density at radius 1 is 0.897 bits per heavy atom. The van der Waals surface area contributed by atoms with Crippen LogP contribution < -0.4 is 0 Å². The fraction of sp³-hybridized carbons (Fsp3) is 0.458. The number of rotatable bonds is 4. The van der Waals surface area contributed by atoms with Crippen molar-refractivity contribution in [3.8, 4) is 0 Å². The number of nitrogens with zero attached hydrogens (tertiary/aromatic N) is 5. The number of aromatic nitrogens is 4. The summed E-state index contributed by atoms with van der Waals surface area (Å²) in [5.41, 5.74) is 4.16. The van der Waals surface area contributed by atoms with Crippen LogP contribution in [0.5, 0.6) is 0 Å². The molecule has 150 valence electrons. The van der Waals surface area contributed by atoms with E-state index in [1.54, 1.807) is 0 Å². The Morgan fingerprint density at radius 2 is 1.62 bits per heavy atom. The third kappa shape index (κ3) is 3.48. The van der Waals surface area contributed by atoms with Gasteiger partial charge in [0.2, 0.25) is 0 Å². The van der Waals surface area contributed by atoms with Crippen molar-refractivity contribution in [2.24, 2.45) is 0 Å². The van der Waals surface area contributed by atoms with Crippen molar-refractivity contribution in [1.29, 1.82) is 0 Å². The predicted octanol–water partition coefficient (Wildman–Crippen LogP) is 4.50. The largest absolute Gasteiger partial charge is 0.285 e. The van der Waals surface area contributed by atoms with Crippen LogP contribution in [0.1, 0.15) is 67.6 Å². The van der Waals surface area contributed by atoms with Gasteiger partial charge in [-0.15, -0.1) is 5.10 Å². The molecule has 1 aromatic heterocycles. The number of fused-ring (bicyclic) bond motifs is 1. The fourth-order valence-electron chi connectivity index (χ4n) is 5.17. The molecule has 0 N–H and O–H groups in total. The van der Waals surface area contributed by atoms with E-state index in [0.717, 1.165) is 38.2 Å². The number of hydrogen-bond acceptors (Lipinski definition) is 4. The second-order valence-electron chi connectivity index (χ2n) is 8.81. The van der Waals surface area contributed by atoms with Crippen LogP contribution in [0, 0.1) is 0 Å². The van der Waals surface area contributed by atoms with Crippen molar-refractivity contribution in [2.75, 3.05) is 6.54 Å².